The highest BCUT2D eigenvalue weighted by molar-refractivity contribution is 9.10. The Morgan fingerprint density at radius 1 is 1.67 bits per heavy atom. The van der Waals surface area contributed by atoms with E-state index in [4.69, 9.17) is 16.7 Å². The molecule has 0 saturated carbocycles. The minimum absolute atomic E-state index is 0.104. The molecule has 7 heteroatoms. The third-order valence-electron chi connectivity index (χ3n) is 1.87. The fourth-order valence-electron chi connectivity index (χ4n) is 1.17. The average Bonchev–Trinajstić information content (AvgIpc) is 2.45. The van der Waals surface area contributed by atoms with Gasteiger partial charge in [0.1, 0.15) is 5.15 Å². The Hall–Kier alpha value is -1.14. The summed E-state index contributed by atoms with van der Waals surface area (Å²) >= 11 is 9.14. The molecule has 0 aliphatic rings. The van der Waals surface area contributed by atoms with Crippen LogP contribution in [0.25, 0.3) is 5.65 Å². The van der Waals surface area contributed by atoms with E-state index in [0.717, 1.165) is 0 Å². The lowest BCUT2D eigenvalue weighted by molar-refractivity contribution is 0.0690. The van der Waals surface area contributed by atoms with Crippen LogP contribution < -0.4 is 0 Å². The van der Waals surface area contributed by atoms with Gasteiger partial charge in [-0.15, -0.1) is 0 Å². The van der Waals surface area contributed by atoms with Crippen LogP contribution in [0, 0.1) is 6.92 Å². The smallest absolute Gasteiger partial charge is 0.354 e. The van der Waals surface area contributed by atoms with Gasteiger partial charge in [-0.3, -0.25) is 0 Å². The summed E-state index contributed by atoms with van der Waals surface area (Å²) in [6, 6.07) is 1.26. The maximum atomic E-state index is 10.7. The van der Waals surface area contributed by atoms with E-state index in [2.05, 4.69) is 26.0 Å². The van der Waals surface area contributed by atoms with Crippen molar-refractivity contribution in [1.82, 2.24) is 14.6 Å². The van der Waals surface area contributed by atoms with Crippen LogP contribution in [-0.2, 0) is 0 Å². The van der Waals surface area contributed by atoms with E-state index in [1.165, 1.54) is 10.6 Å². The number of rotatable bonds is 1. The first-order valence-electron chi connectivity index (χ1n) is 3.95. The number of aryl methyl sites for hydroxylation is 1. The van der Waals surface area contributed by atoms with Crippen LogP contribution in [0.4, 0.5) is 0 Å². The second-order valence-electron chi connectivity index (χ2n) is 2.90. The van der Waals surface area contributed by atoms with Crippen molar-refractivity contribution >= 4 is 39.1 Å². The van der Waals surface area contributed by atoms with Gasteiger partial charge in [0.15, 0.2) is 11.3 Å². The first-order chi connectivity index (χ1) is 7.00. The summed E-state index contributed by atoms with van der Waals surface area (Å²) < 4.78 is 2.03. The zero-order valence-corrected chi connectivity index (χ0v) is 9.87. The Kier molecular flexibility index (Phi) is 2.40. The van der Waals surface area contributed by atoms with Gasteiger partial charge >= 0.3 is 5.97 Å². The summed E-state index contributed by atoms with van der Waals surface area (Å²) in [5.41, 5.74) is 0.998. The zero-order valence-electron chi connectivity index (χ0n) is 7.53. The molecule has 2 rings (SSSR count). The number of carboxylic acid groups (broad SMARTS) is 1. The number of carbonyl (C=O) groups is 1. The second kappa shape index (κ2) is 3.46. The van der Waals surface area contributed by atoms with Crippen molar-refractivity contribution in [3.05, 3.63) is 27.1 Å². The third kappa shape index (κ3) is 1.59. The summed E-state index contributed by atoms with van der Waals surface area (Å²) in [7, 11) is 0. The second-order valence-corrected chi connectivity index (χ2v) is 4.08. The first kappa shape index (κ1) is 10.4. The topological polar surface area (TPSA) is 67.5 Å². The molecule has 0 spiro atoms. The van der Waals surface area contributed by atoms with Crippen LogP contribution in [0.1, 0.15) is 16.2 Å². The molecule has 0 radical (unpaired) electrons. The Morgan fingerprint density at radius 2 is 2.33 bits per heavy atom. The molecule has 0 aromatic carbocycles. The van der Waals surface area contributed by atoms with Gasteiger partial charge in [-0.1, -0.05) is 11.6 Å². The van der Waals surface area contributed by atoms with Gasteiger partial charge in [-0.2, -0.15) is 5.10 Å². The van der Waals surface area contributed by atoms with E-state index in [9.17, 15) is 4.79 Å². The lowest BCUT2D eigenvalue weighted by Gasteiger charge is -1.98. The van der Waals surface area contributed by atoms with Crippen LogP contribution in [0.2, 0.25) is 5.15 Å². The monoisotopic (exact) mass is 289 g/mol. The Balaban J connectivity index is 2.85. The average molecular weight is 291 g/mol. The maximum absolute atomic E-state index is 10.7. The highest BCUT2D eigenvalue weighted by atomic mass is 79.9. The number of halogens is 2. The summed E-state index contributed by atoms with van der Waals surface area (Å²) in [6.07, 6.45) is 0. The molecule has 15 heavy (non-hydrogen) atoms. The van der Waals surface area contributed by atoms with Crippen LogP contribution in [0.3, 0.4) is 0 Å². The van der Waals surface area contributed by atoms with Gasteiger partial charge in [0.25, 0.3) is 0 Å². The highest BCUT2D eigenvalue weighted by Gasteiger charge is 2.14. The zero-order chi connectivity index (χ0) is 11.2. The first-order valence-corrected chi connectivity index (χ1v) is 5.12. The van der Waals surface area contributed by atoms with Crippen LogP contribution in [0.15, 0.2) is 10.5 Å². The molecule has 0 fully saturated rings. The van der Waals surface area contributed by atoms with Crippen LogP contribution in [-0.4, -0.2) is 25.7 Å². The van der Waals surface area contributed by atoms with Crippen molar-refractivity contribution in [2.45, 2.75) is 6.92 Å². The minimum Gasteiger partial charge on any atom is -0.477 e. The Labute approximate surface area is 97.8 Å². The predicted molar refractivity (Wildman–Crippen MR) is 57.4 cm³/mol. The molecule has 2 heterocycles. The van der Waals surface area contributed by atoms with Gasteiger partial charge in [-0.25, -0.2) is 14.3 Å². The van der Waals surface area contributed by atoms with Crippen LogP contribution >= 0.6 is 27.5 Å². The van der Waals surface area contributed by atoms with Crippen molar-refractivity contribution in [3.8, 4) is 0 Å². The molecule has 0 atom stereocenters. The normalized spacial score (nSPS) is 10.9. The lowest BCUT2D eigenvalue weighted by Crippen LogP contribution is -2.03. The quantitative estimate of drug-likeness (QED) is 0.817. The minimum atomic E-state index is -1.12. The van der Waals surface area contributed by atoms with Gasteiger partial charge in [0.2, 0.25) is 0 Å². The molecule has 2 aromatic rings. The van der Waals surface area contributed by atoms with Gasteiger partial charge < -0.3 is 5.11 Å². The van der Waals surface area contributed by atoms with Crippen molar-refractivity contribution in [3.63, 3.8) is 0 Å². The number of hydrogen-bond acceptors (Lipinski definition) is 3. The Morgan fingerprint density at radius 3 is 2.93 bits per heavy atom. The molecule has 0 aliphatic carbocycles. The standard InChI is InChI=1S/C8H5BrClN3O2/c1-3-6(9)7-11-4(8(14)15)2-5(10)13(7)12-3/h2H,1H3,(H,14,15). The largest absolute Gasteiger partial charge is 0.477 e. The molecular weight excluding hydrogens is 285 g/mol. The van der Waals surface area contributed by atoms with Gasteiger partial charge in [-0.05, 0) is 22.9 Å². The lowest BCUT2D eigenvalue weighted by atomic mass is 10.4. The van der Waals surface area contributed by atoms with Crippen molar-refractivity contribution in [1.29, 1.82) is 0 Å². The van der Waals surface area contributed by atoms with Crippen LogP contribution in [0.5, 0.6) is 0 Å². The van der Waals surface area contributed by atoms with E-state index in [0.29, 0.717) is 15.8 Å². The molecule has 2 aromatic heterocycles. The maximum Gasteiger partial charge on any atom is 0.354 e. The summed E-state index contributed by atoms with van der Waals surface area (Å²) in [5.74, 6) is -1.12. The Bertz CT molecular complexity index is 567. The van der Waals surface area contributed by atoms with E-state index in [1.54, 1.807) is 6.92 Å². The molecule has 78 valence electrons. The molecule has 0 unspecified atom stereocenters. The van der Waals surface area contributed by atoms with Crippen molar-refractivity contribution in [2.75, 3.05) is 0 Å². The van der Waals surface area contributed by atoms with E-state index < -0.39 is 5.97 Å². The molecular formula is C8H5BrClN3O2. The van der Waals surface area contributed by atoms with Crippen molar-refractivity contribution in [2.24, 2.45) is 0 Å². The number of aromatic carboxylic acids is 1. The SMILES string of the molecule is Cc1nn2c(Cl)cc(C(=O)O)nc2c1Br. The number of carboxylic acids is 1. The third-order valence-corrected chi connectivity index (χ3v) is 3.07. The summed E-state index contributed by atoms with van der Waals surface area (Å²) in [6.45, 7) is 1.77. The molecule has 5 nitrogen and oxygen atoms in total. The van der Waals surface area contributed by atoms with E-state index in [-0.39, 0.29) is 10.8 Å². The highest BCUT2D eigenvalue weighted by Crippen LogP contribution is 2.23. The fraction of sp³-hybridized carbons (Fsp3) is 0.125. The molecule has 1 N–H and O–H groups in total. The number of nitrogens with zero attached hydrogens (tertiary/aromatic N) is 3. The molecule has 0 aliphatic heterocycles. The van der Waals surface area contributed by atoms with Crippen molar-refractivity contribution < 1.29 is 9.90 Å². The van der Waals surface area contributed by atoms with E-state index >= 15 is 0 Å². The fourth-order valence-corrected chi connectivity index (χ4v) is 1.73. The molecule has 0 amide bonds. The summed E-state index contributed by atoms with van der Waals surface area (Å²) in [4.78, 5) is 14.7. The molecule has 0 saturated heterocycles. The molecule has 0 bridgehead atoms. The number of hydrogen-bond donors (Lipinski definition) is 1. The van der Waals surface area contributed by atoms with Gasteiger partial charge in [0.05, 0.1) is 10.2 Å². The number of fused-ring (bicyclic) bond motifs is 1. The predicted octanol–water partition coefficient (Wildman–Crippen LogP) is 2.15. The van der Waals surface area contributed by atoms with E-state index in [1.807, 2.05) is 0 Å². The number of aromatic nitrogens is 3. The summed E-state index contributed by atoms with van der Waals surface area (Å²) in [5, 5.41) is 13.1. The van der Waals surface area contributed by atoms with Gasteiger partial charge in [0, 0.05) is 6.07 Å².